The molecule has 6 heteroatoms. The van der Waals surface area contributed by atoms with Crippen molar-refractivity contribution in [3.05, 3.63) is 99.8 Å². The summed E-state index contributed by atoms with van der Waals surface area (Å²) in [7, 11) is 0. The predicted octanol–water partition coefficient (Wildman–Crippen LogP) is 4.82. The molecule has 0 radical (unpaired) electrons. The first-order valence-electron chi connectivity index (χ1n) is 9.51. The lowest BCUT2D eigenvalue weighted by Gasteiger charge is -2.05. The highest BCUT2D eigenvalue weighted by molar-refractivity contribution is 14.1. The fourth-order valence-electron chi connectivity index (χ4n) is 3.17. The first-order valence-corrected chi connectivity index (χ1v) is 10.6. The second kappa shape index (κ2) is 9.58. The SMILES string of the molecule is O=C(COc1ccc(I)cc1)N/N=C\c1cn(Cc2ccccc2)c2ccccc12. The van der Waals surface area contributed by atoms with Crippen molar-refractivity contribution in [2.75, 3.05) is 6.61 Å². The number of rotatable bonds is 7. The lowest BCUT2D eigenvalue weighted by Crippen LogP contribution is -2.24. The van der Waals surface area contributed by atoms with E-state index in [1.54, 1.807) is 6.21 Å². The molecule has 0 saturated heterocycles. The zero-order valence-corrected chi connectivity index (χ0v) is 18.3. The second-order valence-electron chi connectivity index (χ2n) is 6.75. The summed E-state index contributed by atoms with van der Waals surface area (Å²) in [5.74, 6) is 0.344. The van der Waals surface area contributed by atoms with Crippen molar-refractivity contribution < 1.29 is 9.53 Å². The van der Waals surface area contributed by atoms with E-state index in [0.717, 1.165) is 26.6 Å². The van der Waals surface area contributed by atoms with Crippen LogP contribution in [0.25, 0.3) is 10.9 Å². The zero-order chi connectivity index (χ0) is 20.8. The maximum atomic E-state index is 12.0. The van der Waals surface area contributed by atoms with Crippen molar-refractivity contribution in [1.82, 2.24) is 9.99 Å². The average molecular weight is 509 g/mol. The molecule has 4 aromatic rings. The highest BCUT2D eigenvalue weighted by Gasteiger charge is 2.07. The van der Waals surface area contributed by atoms with Gasteiger partial charge in [0.25, 0.3) is 5.91 Å². The van der Waals surface area contributed by atoms with Gasteiger partial charge in [0.05, 0.1) is 6.21 Å². The second-order valence-corrected chi connectivity index (χ2v) is 8.00. The number of fused-ring (bicyclic) bond motifs is 1. The number of carbonyl (C=O) groups is 1. The third-order valence-corrected chi connectivity index (χ3v) is 5.31. The van der Waals surface area contributed by atoms with Crippen molar-refractivity contribution in [2.24, 2.45) is 5.10 Å². The Bertz CT molecular complexity index is 1170. The number of ether oxygens (including phenoxy) is 1. The van der Waals surface area contributed by atoms with Crippen LogP contribution >= 0.6 is 22.6 Å². The van der Waals surface area contributed by atoms with Crippen molar-refractivity contribution >= 4 is 45.6 Å². The summed E-state index contributed by atoms with van der Waals surface area (Å²) >= 11 is 2.22. The minimum Gasteiger partial charge on any atom is -0.484 e. The molecule has 30 heavy (non-hydrogen) atoms. The van der Waals surface area contributed by atoms with Gasteiger partial charge in [-0.1, -0.05) is 48.5 Å². The number of benzene rings is 3. The molecule has 0 fully saturated rings. The van der Waals surface area contributed by atoms with Crippen LogP contribution in [0.1, 0.15) is 11.1 Å². The fourth-order valence-corrected chi connectivity index (χ4v) is 3.53. The summed E-state index contributed by atoms with van der Waals surface area (Å²) in [4.78, 5) is 12.0. The molecule has 0 spiro atoms. The summed E-state index contributed by atoms with van der Waals surface area (Å²) in [5, 5.41) is 5.20. The number of hydrazone groups is 1. The van der Waals surface area contributed by atoms with Crippen LogP contribution in [0.2, 0.25) is 0 Å². The highest BCUT2D eigenvalue weighted by Crippen LogP contribution is 2.21. The molecule has 3 aromatic carbocycles. The smallest absolute Gasteiger partial charge is 0.277 e. The maximum Gasteiger partial charge on any atom is 0.277 e. The molecular formula is C24H20IN3O2. The standard InChI is InChI=1S/C24H20IN3O2/c25-20-10-12-21(13-11-20)30-17-24(29)27-26-14-19-16-28(15-18-6-2-1-3-7-18)23-9-5-4-8-22(19)23/h1-14,16H,15,17H2,(H,27,29)/b26-14-. The normalized spacial score (nSPS) is 11.1. The molecule has 1 N–H and O–H groups in total. The molecule has 0 unspecified atom stereocenters. The topological polar surface area (TPSA) is 55.6 Å². The van der Waals surface area contributed by atoms with Crippen molar-refractivity contribution in [1.29, 1.82) is 0 Å². The number of halogens is 1. The molecule has 0 aliphatic carbocycles. The Hall–Kier alpha value is -3.13. The minimum absolute atomic E-state index is 0.0896. The van der Waals surface area contributed by atoms with Gasteiger partial charge in [0.2, 0.25) is 0 Å². The fraction of sp³-hybridized carbons (Fsp3) is 0.0833. The van der Waals surface area contributed by atoms with E-state index in [9.17, 15) is 4.79 Å². The molecule has 4 rings (SSSR count). The van der Waals surface area contributed by atoms with Gasteiger partial charge in [0, 0.05) is 32.8 Å². The molecule has 0 bridgehead atoms. The number of nitrogens with zero attached hydrogens (tertiary/aromatic N) is 2. The largest absolute Gasteiger partial charge is 0.484 e. The number of hydrogen-bond acceptors (Lipinski definition) is 3. The molecule has 0 aliphatic rings. The molecule has 0 atom stereocenters. The zero-order valence-electron chi connectivity index (χ0n) is 16.2. The molecule has 1 aromatic heterocycles. The Morgan fingerprint density at radius 1 is 1.00 bits per heavy atom. The van der Waals surface area contributed by atoms with Crippen LogP contribution in [-0.4, -0.2) is 23.3 Å². The Morgan fingerprint density at radius 2 is 1.73 bits per heavy atom. The minimum atomic E-state index is -0.308. The predicted molar refractivity (Wildman–Crippen MR) is 128 cm³/mol. The number of aromatic nitrogens is 1. The van der Waals surface area contributed by atoms with E-state index in [0.29, 0.717) is 5.75 Å². The third-order valence-electron chi connectivity index (χ3n) is 4.59. The van der Waals surface area contributed by atoms with E-state index in [4.69, 9.17) is 4.74 Å². The average Bonchev–Trinajstić information content (AvgIpc) is 3.12. The maximum absolute atomic E-state index is 12.0. The van der Waals surface area contributed by atoms with Gasteiger partial charge in [-0.3, -0.25) is 4.79 Å². The van der Waals surface area contributed by atoms with Crippen molar-refractivity contribution in [3.8, 4) is 5.75 Å². The van der Waals surface area contributed by atoms with E-state index in [2.05, 4.69) is 68.1 Å². The molecule has 1 amide bonds. The monoisotopic (exact) mass is 509 g/mol. The summed E-state index contributed by atoms with van der Waals surface area (Å²) in [6, 6.07) is 26.0. The molecule has 150 valence electrons. The lowest BCUT2D eigenvalue weighted by atomic mass is 10.2. The Kier molecular flexibility index (Phi) is 6.44. The van der Waals surface area contributed by atoms with E-state index in [1.165, 1.54) is 5.56 Å². The van der Waals surface area contributed by atoms with Gasteiger partial charge in [-0.05, 0) is 58.5 Å². The van der Waals surface area contributed by atoms with Gasteiger partial charge in [-0.15, -0.1) is 0 Å². The highest BCUT2D eigenvalue weighted by atomic mass is 127. The first kappa shape index (κ1) is 20.2. The molecule has 1 heterocycles. The summed E-state index contributed by atoms with van der Waals surface area (Å²) in [6.45, 7) is 0.680. The van der Waals surface area contributed by atoms with Crippen LogP contribution in [0.3, 0.4) is 0 Å². The van der Waals surface area contributed by atoms with Gasteiger partial charge in [0.15, 0.2) is 6.61 Å². The van der Waals surface area contributed by atoms with E-state index in [1.807, 2.05) is 54.6 Å². The molecule has 5 nitrogen and oxygen atoms in total. The first-order chi connectivity index (χ1) is 14.7. The van der Waals surface area contributed by atoms with Crippen LogP contribution in [0, 0.1) is 3.57 Å². The number of nitrogens with one attached hydrogen (secondary N) is 1. The third kappa shape index (κ3) is 5.07. The van der Waals surface area contributed by atoms with Crippen LogP contribution < -0.4 is 10.2 Å². The van der Waals surface area contributed by atoms with Crippen molar-refractivity contribution in [3.63, 3.8) is 0 Å². The summed E-state index contributed by atoms with van der Waals surface area (Å²) in [5.41, 5.74) is 5.82. The van der Waals surface area contributed by atoms with Gasteiger partial charge in [0.1, 0.15) is 5.75 Å². The van der Waals surface area contributed by atoms with Gasteiger partial charge < -0.3 is 9.30 Å². The van der Waals surface area contributed by atoms with Crippen LogP contribution in [0.15, 0.2) is 90.2 Å². The number of para-hydroxylation sites is 1. The summed E-state index contributed by atoms with van der Waals surface area (Å²) < 4.78 is 8.77. The number of carbonyl (C=O) groups excluding carboxylic acids is 1. The van der Waals surface area contributed by atoms with Crippen LogP contribution in [0.4, 0.5) is 0 Å². The Morgan fingerprint density at radius 3 is 2.53 bits per heavy atom. The van der Waals surface area contributed by atoms with Gasteiger partial charge in [-0.2, -0.15) is 5.10 Å². The number of hydrogen-bond donors (Lipinski definition) is 1. The Balaban J connectivity index is 1.42. The van der Waals surface area contributed by atoms with Crippen LogP contribution in [-0.2, 0) is 11.3 Å². The quantitative estimate of drug-likeness (QED) is 0.221. The summed E-state index contributed by atoms with van der Waals surface area (Å²) in [6.07, 6.45) is 3.72. The van der Waals surface area contributed by atoms with E-state index >= 15 is 0 Å². The lowest BCUT2D eigenvalue weighted by molar-refractivity contribution is -0.123. The van der Waals surface area contributed by atoms with Crippen molar-refractivity contribution in [2.45, 2.75) is 6.54 Å². The number of amides is 1. The van der Waals surface area contributed by atoms with E-state index < -0.39 is 0 Å². The molecule has 0 saturated carbocycles. The van der Waals surface area contributed by atoms with Gasteiger partial charge >= 0.3 is 0 Å². The van der Waals surface area contributed by atoms with E-state index in [-0.39, 0.29) is 12.5 Å². The molecular weight excluding hydrogens is 489 g/mol. The van der Waals surface area contributed by atoms with Gasteiger partial charge in [-0.25, -0.2) is 5.43 Å². The molecule has 0 aliphatic heterocycles. The Labute approximate surface area is 188 Å². The van der Waals surface area contributed by atoms with Crippen LogP contribution in [0.5, 0.6) is 5.75 Å².